The topological polar surface area (TPSA) is 41.1 Å². The van der Waals surface area contributed by atoms with Gasteiger partial charge in [-0.05, 0) is 24.3 Å². The first-order valence-corrected chi connectivity index (χ1v) is 5.76. The van der Waals surface area contributed by atoms with Crippen LogP contribution in [0.3, 0.4) is 0 Å². The number of rotatable bonds is 3. The summed E-state index contributed by atoms with van der Waals surface area (Å²) in [5, 5.41) is 5.02. The largest absolute Gasteiger partial charge is 0.387 e. The van der Waals surface area contributed by atoms with E-state index in [0.29, 0.717) is 5.69 Å². The maximum atomic E-state index is 13.5. The molecule has 20 heavy (non-hydrogen) atoms. The van der Waals surface area contributed by atoms with Crippen molar-refractivity contribution in [3.63, 3.8) is 0 Å². The van der Waals surface area contributed by atoms with Crippen molar-refractivity contribution >= 4 is 17.3 Å². The first-order valence-electron chi connectivity index (χ1n) is 5.76. The second kappa shape index (κ2) is 5.64. The van der Waals surface area contributed by atoms with Crippen molar-refractivity contribution in [1.82, 2.24) is 0 Å². The van der Waals surface area contributed by atoms with E-state index in [-0.39, 0.29) is 5.56 Å². The summed E-state index contributed by atoms with van der Waals surface area (Å²) in [5.41, 5.74) is 0.381. The van der Waals surface area contributed by atoms with Crippen LogP contribution in [0.15, 0.2) is 36.4 Å². The van der Waals surface area contributed by atoms with E-state index in [1.807, 2.05) is 0 Å². The Morgan fingerprint density at radius 2 is 1.65 bits per heavy atom. The van der Waals surface area contributed by atoms with Crippen LogP contribution in [0.4, 0.5) is 24.5 Å². The second-order valence-corrected chi connectivity index (χ2v) is 3.97. The standard InChI is InChI=1S/C14H11F3N2O/c1-18-10-5-3-2-4-8(10)14(20)19-11-7-6-9(15)12(16)13(11)17/h2-7,18H,1H3,(H,19,20). The van der Waals surface area contributed by atoms with Crippen molar-refractivity contribution in [2.24, 2.45) is 0 Å². The summed E-state index contributed by atoms with van der Waals surface area (Å²) in [6.45, 7) is 0. The van der Waals surface area contributed by atoms with E-state index in [9.17, 15) is 18.0 Å². The molecule has 0 fully saturated rings. The Morgan fingerprint density at radius 3 is 2.35 bits per heavy atom. The normalized spacial score (nSPS) is 10.2. The highest BCUT2D eigenvalue weighted by Crippen LogP contribution is 2.22. The molecule has 0 aliphatic heterocycles. The molecule has 6 heteroatoms. The van der Waals surface area contributed by atoms with Gasteiger partial charge in [0.25, 0.3) is 5.91 Å². The molecular formula is C14H11F3N2O. The zero-order valence-electron chi connectivity index (χ0n) is 10.5. The Kier molecular flexibility index (Phi) is 3.93. The lowest BCUT2D eigenvalue weighted by molar-refractivity contribution is 0.102. The smallest absolute Gasteiger partial charge is 0.257 e. The van der Waals surface area contributed by atoms with Crippen LogP contribution in [-0.2, 0) is 0 Å². The number of anilines is 2. The van der Waals surface area contributed by atoms with E-state index < -0.39 is 29.0 Å². The summed E-state index contributed by atoms with van der Waals surface area (Å²) in [6.07, 6.45) is 0. The van der Waals surface area contributed by atoms with Crippen molar-refractivity contribution in [3.05, 3.63) is 59.4 Å². The molecule has 0 aliphatic rings. The van der Waals surface area contributed by atoms with Gasteiger partial charge in [-0.3, -0.25) is 4.79 Å². The molecule has 0 atom stereocenters. The number of halogens is 3. The highest BCUT2D eigenvalue weighted by atomic mass is 19.2. The van der Waals surface area contributed by atoms with Crippen LogP contribution in [0.25, 0.3) is 0 Å². The van der Waals surface area contributed by atoms with Gasteiger partial charge >= 0.3 is 0 Å². The fourth-order valence-corrected chi connectivity index (χ4v) is 1.71. The van der Waals surface area contributed by atoms with Gasteiger partial charge in [0.05, 0.1) is 11.3 Å². The number of benzene rings is 2. The Morgan fingerprint density at radius 1 is 0.950 bits per heavy atom. The zero-order chi connectivity index (χ0) is 14.7. The van der Waals surface area contributed by atoms with Gasteiger partial charge in [0.1, 0.15) is 0 Å². The third-order valence-electron chi connectivity index (χ3n) is 2.72. The van der Waals surface area contributed by atoms with E-state index in [0.717, 1.165) is 12.1 Å². The minimum absolute atomic E-state index is 0.263. The molecular weight excluding hydrogens is 269 g/mol. The summed E-state index contributed by atoms with van der Waals surface area (Å²) in [6, 6.07) is 8.26. The molecule has 0 heterocycles. The molecule has 0 unspecified atom stereocenters. The highest BCUT2D eigenvalue weighted by Gasteiger charge is 2.17. The predicted octanol–water partition coefficient (Wildman–Crippen LogP) is 3.40. The van der Waals surface area contributed by atoms with Crippen molar-refractivity contribution in [2.75, 3.05) is 17.7 Å². The molecule has 0 spiro atoms. The van der Waals surface area contributed by atoms with E-state index in [1.54, 1.807) is 25.2 Å². The molecule has 2 aromatic carbocycles. The van der Waals surface area contributed by atoms with E-state index >= 15 is 0 Å². The third-order valence-corrected chi connectivity index (χ3v) is 2.72. The lowest BCUT2D eigenvalue weighted by Gasteiger charge is -2.10. The molecule has 3 nitrogen and oxygen atoms in total. The number of amides is 1. The molecule has 0 saturated carbocycles. The van der Waals surface area contributed by atoms with Crippen LogP contribution in [0.2, 0.25) is 0 Å². The summed E-state index contributed by atoms with van der Waals surface area (Å²) in [7, 11) is 1.63. The Labute approximate surface area is 113 Å². The van der Waals surface area contributed by atoms with Gasteiger partial charge in [-0.15, -0.1) is 0 Å². The number of carbonyl (C=O) groups is 1. The summed E-state index contributed by atoms with van der Waals surface area (Å²) in [4.78, 5) is 12.0. The molecule has 0 aliphatic carbocycles. The fourth-order valence-electron chi connectivity index (χ4n) is 1.71. The van der Waals surface area contributed by atoms with E-state index in [4.69, 9.17) is 0 Å². The minimum atomic E-state index is -1.62. The fraction of sp³-hybridized carbons (Fsp3) is 0.0714. The van der Waals surface area contributed by atoms with E-state index in [2.05, 4.69) is 10.6 Å². The first kappa shape index (κ1) is 13.9. The van der Waals surface area contributed by atoms with Gasteiger partial charge in [0.15, 0.2) is 17.5 Å². The quantitative estimate of drug-likeness (QED) is 0.846. The molecule has 1 amide bonds. The van der Waals surface area contributed by atoms with Crippen LogP contribution >= 0.6 is 0 Å². The maximum absolute atomic E-state index is 13.5. The highest BCUT2D eigenvalue weighted by molar-refractivity contribution is 6.08. The summed E-state index contributed by atoms with van der Waals surface area (Å²) >= 11 is 0. The van der Waals surface area contributed by atoms with Crippen LogP contribution in [0, 0.1) is 17.5 Å². The average Bonchev–Trinajstić information content (AvgIpc) is 2.47. The third kappa shape index (κ3) is 2.59. The number of hydrogen-bond acceptors (Lipinski definition) is 2. The van der Waals surface area contributed by atoms with Crippen molar-refractivity contribution < 1.29 is 18.0 Å². The predicted molar refractivity (Wildman–Crippen MR) is 70.3 cm³/mol. The maximum Gasteiger partial charge on any atom is 0.257 e. The lowest BCUT2D eigenvalue weighted by atomic mass is 10.1. The van der Waals surface area contributed by atoms with E-state index in [1.165, 1.54) is 6.07 Å². The molecule has 2 rings (SSSR count). The summed E-state index contributed by atoms with van der Waals surface area (Å²) in [5.74, 6) is -4.99. The number of para-hydroxylation sites is 1. The number of carbonyl (C=O) groups excluding carboxylic acids is 1. The summed E-state index contributed by atoms with van der Waals surface area (Å²) < 4.78 is 39.4. The van der Waals surface area contributed by atoms with Gasteiger partial charge < -0.3 is 10.6 Å². The molecule has 104 valence electrons. The van der Waals surface area contributed by atoms with Crippen LogP contribution < -0.4 is 10.6 Å². The molecule has 2 aromatic rings. The van der Waals surface area contributed by atoms with Gasteiger partial charge in [-0.25, -0.2) is 13.2 Å². The molecule has 0 bridgehead atoms. The first-order chi connectivity index (χ1) is 9.54. The van der Waals surface area contributed by atoms with Crippen LogP contribution in [-0.4, -0.2) is 13.0 Å². The number of hydrogen-bond donors (Lipinski definition) is 2. The average molecular weight is 280 g/mol. The molecule has 2 N–H and O–H groups in total. The van der Waals surface area contributed by atoms with Gasteiger partial charge in [0.2, 0.25) is 0 Å². The molecule has 0 saturated heterocycles. The lowest BCUT2D eigenvalue weighted by Crippen LogP contribution is -2.15. The molecule has 0 aromatic heterocycles. The van der Waals surface area contributed by atoms with Crippen LogP contribution in [0.5, 0.6) is 0 Å². The Bertz CT molecular complexity index is 659. The Hall–Kier alpha value is -2.50. The van der Waals surface area contributed by atoms with Crippen molar-refractivity contribution in [3.8, 4) is 0 Å². The van der Waals surface area contributed by atoms with Gasteiger partial charge in [-0.2, -0.15) is 0 Å². The molecule has 0 radical (unpaired) electrons. The van der Waals surface area contributed by atoms with Crippen molar-refractivity contribution in [1.29, 1.82) is 0 Å². The Balaban J connectivity index is 2.31. The second-order valence-electron chi connectivity index (χ2n) is 3.97. The van der Waals surface area contributed by atoms with Crippen LogP contribution in [0.1, 0.15) is 10.4 Å². The monoisotopic (exact) mass is 280 g/mol. The van der Waals surface area contributed by atoms with Crippen molar-refractivity contribution in [2.45, 2.75) is 0 Å². The van der Waals surface area contributed by atoms with Gasteiger partial charge in [-0.1, -0.05) is 12.1 Å². The SMILES string of the molecule is CNc1ccccc1C(=O)Nc1ccc(F)c(F)c1F. The van der Waals surface area contributed by atoms with Gasteiger partial charge in [0, 0.05) is 12.7 Å². The minimum Gasteiger partial charge on any atom is -0.387 e. The number of nitrogens with one attached hydrogen (secondary N) is 2. The zero-order valence-corrected chi connectivity index (χ0v) is 10.5.